The van der Waals surface area contributed by atoms with Crippen molar-refractivity contribution < 1.29 is 14.3 Å². The van der Waals surface area contributed by atoms with E-state index < -0.39 is 0 Å². The van der Waals surface area contributed by atoms with Gasteiger partial charge in [0.05, 0.1) is 18.6 Å². The molecule has 1 amide bonds. The number of methoxy groups -OCH3 is 1. The Balaban J connectivity index is 1.31. The molecule has 3 aromatic carbocycles. The van der Waals surface area contributed by atoms with E-state index in [1.807, 2.05) is 90.7 Å². The number of hydrogen-bond acceptors (Lipinski definition) is 7. The molecule has 0 saturated carbocycles. The lowest BCUT2D eigenvalue weighted by atomic mass is 10.2. The fourth-order valence-electron chi connectivity index (χ4n) is 3.40. The molecule has 0 aliphatic carbocycles. The number of benzene rings is 3. The van der Waals surface area contributed by atoms with Crippen LogP contribution in [0.4, 0.5) is 0 Å². The SMILES string of the molecule is CCN(Cc1ccc(OCc2ccccc2)cc1)C(=O)CSc1nnnn1-c1ccc(OC)cc1. The topological polar surface area (TPSA) is 82.4 Å². The Kier molecular flexibility index (Phi) is 8.34. The van der Waals surface area contributed by atoms with Gasteiger partial charge in [-0.2, -0.15) is 4.68 Å². The highest BCUT2D eigenvalue weighted by Crippen LogP contribution is 2.21. The maximum Gasteiger partial charge on any atom is 0.233 e. The Morgan fingerprint density at radius 3 is 2.34 bits per heavy atom. The van der Waals surface area contributed by atoms with Gasteiger partial charge in [-0.25, -0.2) is 0 Å². The number of aromatic nitrogens is 4. The van der Waals surface area contributed by atoms with Crippen molar-refractivity contribution in [3.63, 3.8) is 0 Å². The van der Waals surface area contributed by atoms with E-state index in [9.17, 15) is 4.79 Å². The van der Waals surface area contributed by atoms with E-state index >= 15 is 0 Å². The number of nitrogens with zero attached hydrogens (tertiary/aromatic N) is 5. The first-order valence-corrected chi connectivity index (χ1v) is 12.2. The maximum atomic E-state index is 12.9. The van der Waals surface area contributed by atoms with Crippen LogP contribution in [0.3, 0.4) is 0 Å². The number of thioether (sulfide) groups is 1. The molecule has 1 heterocycles. The van der Waals surface area contributed by atoms with Crippen LogP contribution in [-0.4, -0.2) is 50.4 Å². The van der Waals surface area contributed by atoms with Crippen molar-refractivity contribution in [2.45, 2.75) is 25.2 Å². The van der Waals surface area contributed by atoms with Gasteiger partial charge in [0, 0.05) is 13.1 Å². The Hall–Kier alpha value is -3.85. The van der Waals surface area contributed by atoms with Gasteiger partial charge in [-0.3, -0.25) is 4.79 Å². The predicted molar refractivity (Wildman–Crippen MR) is 135 cm³/mol. The summed E-state index contributed by atoms with van der Waals surface area (Å²) in [6, 6.07) is 25.3. The minimum atomic E-state index is 0.0196. The van der Waals surface area contributed by atoms with Crippen molar-refractivity contribution in [2.24, 2.45) is 0 Å². The van der Waals surface area contributed by atoms with Crippen molar-refractivity contribution >= 4 is 17.7 Å². The average Bonchev–Trinajstić information content (AvgIpc) is 3.39. The second-order valence-corrected chi connectivity index (χ2v) is 8.63. The van der Waals surface area contributed by atoms with Gasteiger partial charge in [0.2, 0.25) is 11.1 Å². The molecule has 0 N–H and O–H groups in total. The van der Waals surface area contributed by atoms with E-state index in [0.29, 0.717) is 24.9 Å². The fourth-order valence-corrected chi connectivity index (χ4v) is 4.19. The standard InChI is InChI=1S/C26H27N5O3S/c1-3-30(17-20-9-13-24(14-10-20)34-18-21-7-5-4-6-8-21)25(32)19-35-26-27-28-29-31(26)22-11-15-23(33-2)16-12-22/h4-16H,3,17-19H2,1-2H3. The van der Waals surface area contributed by atoms with Crippen molar-refractivity contribution in [2.75, 3.05) is 19.4 Å². The average molecular weight is 490 g/mol. The molecular formula is C26H27N5O3S. The molecule has 9 heteroatoms. The van der Waals surface area contributed by atoms with Crippen molar-refractivity contribution in [3.8, 4) is 17.2 Å². The van der Waals surface area contributed by atoms with Gasteiger partial charge in [-0.05, 0) is 64.9 Å². The molecule has 1 aromatic heterocycles. The highest BCUT2D eigenvalue weighted by molar-refractivity contribution is 7.99. The molecule has 0 saturated heterocycles. The first-order chi connectivity index (χ1) is 17.2. The normalized spacial score (nSPS) is 10.7. The number of carbonyl (C=O) groups excluding carboxylic acids is 1. The molecule has 0 bridgehead atoms. The smallest absolute Gasteiger partial charge is 0.233 e. The number of tetrazole rings is 1. The molecule has 0 radical (unpaired) electrons. The van der Waals surface area contributed by atoms with Crippen LogP contribution in [0.2, 0.25) is 0 Å². The van der Waals surface area contributed by atoms with Crippen LogP contribution in [0.15, 0.2) is 84.0 Å². The van der Waals surface area contributed by atoms with Crippen molar-refractivity contribution in [1.82, 2.24) is 25.1 Å². The molecule has 8 nitrogen and oxygen atoms in total. The molecule has 0 aliphatic rings. The molecule has 180 valence electrons. The summed E-state index contributed by atoms with van der Waals surface area (Å²) < 4.78 is 12.7. The number of rotatable bonds is 11. The Labute approximate surface area is 208 Å². The lowest BCUT2D eigenvalue weighted by Gasteiger charge is -2.21. The van der Waals surface area contributed by atoms with Gasteiger partial charge >= 0.3 is 0 Å². The van der Waals surface area contributed by atoms with Gasteiger partial charge in [-0.15, -0.1) is 5.10 Å². The summed E-state index contributed by atoms with van der Waals surface area (Å²) in [6.07, 6.45) is 0. The molecule has 35 heavy (non-hydrogen) atoms. The van der Waals surface area contributed by atoms with Crippen molar-refractivity contribution in [3.05, 3.63) is 90.0 Å². The molecule has 4 aromatic rings. The second kappa shape index (κ2) is 12.0. The Morgan fingerprint density at radius 1 is 0.943 bits per heavy atom. The second-order valence-electron chi connectivity index (χ2n) is 7.69. The molecule has 4 rings (SSSR count). The Bertz CT molecular complexity index is 1210. The monoisotopic (exact) mass is 489 g/mol. The van der Waals surface area contributed by atoms with Crippen LogP contribution in [0.1, 0.15) is 18.1 Å². The maximum absolute atomic E-state index is 12.9. The number of hydrogen-bond donors (Lipinski definition) is 0. The van der Waals surface area contributed by atoms with Crippen LogP contribution in [-0.2, 0) is 17.9 Å². The highest BCUT2D eigenvalue weighted by atomic mass is 32.2. The van der Waals surface area contributed by atoms with E-state index in [4.69, 9.17) is 9.47 Å². The lowest BCUT2D eigenvalue weighted by molar-refractivity contribution is -0.128. The van der Waals surface area contributed by atoms with Crippen LogP contribution in [0, 0.1) is 0 Å². The van der Waals surface area contributed by atoms with Gasteiger partial charge in [0.25, 0.3) is 0 Å². The number of carbonyl (C=O) groups is 1. The summed E-state index contributed by atoms with van der Waals surface area (Å²) in [4.78, 5) is 14.7. The van der Waals surface area contributed by atoms with Gasteiger partial charge < -0.3 is 14.4 Å². The van der Waals surface area contributed by atoms with Crippen LogP contribution in [0.25, 0.3) is 5.69 Å². The summed E-state index contributed by atoms with van der Waals surface area (Å²) in [7, 11) is 1.62. The zero-order chi connectivity index (χ0) is 24.5. The molecule has 0 fully saturated rings. The largest absolute Gasteiger partial charge is 0.497 e. The van der Waals surface area contributed by atoms with Gasteiger partial charge in [-0.1, -0.05) is 54.2 Å². The molecule has 0 spiro atoms. The van der Waals surface area contributed by atoms with Gasteiger partial charge in [0.1, 0.15) is 18.1 Å². The Morgan fingerprint density at radius 2 is 1.66 bits per heavy atom. The predicted octanol–water partition coefficient (Wildman–Crippen LogP) is 4.39. The molecule has 0 aliphatic heterocycles. The number of ether oxygens (including phenoxy) is 2. The fraction of sp³-hybridized carbons (Fsp3) is 0.231. The van der Waals surface area contributed by atoms with Crippen LogP contribution in [0.5, 0.6) is 11.5 Å². The lowest BCUT2D eigenvalue weighted by Crippen LogP contribution is -2.31. The summed E-state index contributed by atoms with van der Waals surface area (Å²) in [5.74, 6) is 1.81. The summed E-state index contributed by atoms with van der Waals surface area (Å²) in [5.41, 5.74) is 2.96. The van der Waals surface area contributed by atoms with E-state index in [0.717, 1.165) is 28.3 Å². The van der Waals surface area contributed by atoms with Gasteiger partial charge in [0.15, 0.2) is 0 Å². The third-order valence-corrected chi connectivity index (χ3v) is 6.27. The molecular weight excluding hydrogens is 462 g/mol. The zero-order valence-electron chi connectivity index (χ0n) is 19.7. The first kappa shape index (κ1) is 24.3. The van der Waals surface area contributed by atoms with Crippen LogP contribution >= 0.6 is 11.8 Å². The van der Waals surface area contributed by atoms with E-state index in [1.165, 1.54) is 11.8 Å². The minimum absolute atomic E-state index is 0.0196. The number of amides is 1. The van der Waals surface area contributed by atoms with E-state index in [2.05, 4.69) is 15.5 Å². The van der Waals surface area contributed by atoms with E-state index in [1.54, 1.807) is 11.8 Å². The summed E-state index contributed by atoms with van der Waals surface area (Å²) >= 11 is 1.31. The summed E-state index contributed by atoms with van der Waals surface area (Å²) in [6.45, 7) is 3.63. The first-order valence-electron chi connectivity index (χ1n) is 11.3. The molecule has 0 unspecified atom stereocenters. The quantitative estimate of drug-likeness (QED) is 0.289. The molecule has 0 atom stereocenters. The van der Waals surface area contributed by atoms with Crippen molar-refractivity contribution in [1.29, 1.82) is 0 Å². The minimum Gasteiger partial charge on any atom is -0.497 e. The summed E-state index contributed by atoms with van der Waals surface area (Å²) in [5, 5.41) is 12.5. The zero-order valence-corrected chi connectivity index (χ0v) is 20.5. The highest BCUT2D eigenvalue weighted by Gasteiger charge is 2.16. The van der Waals surface area contributed by atoms with Crippen LogP contribution < -0.4 is 9.47 Å². The third-order valence-electron chi connectivity index (χ3n) is 5.36. The third kappa shape index (κ3) is 6.60. The van der Waals surface area contributed by atoms with E-state index in [-0.39, 0.29) is 11.7 Å².